The molecule has 0 saturated heterocycles. The van der Waals surface area contributed by atoms with Crippen molar-refractivity contribution in [3.63, 3.8) is 0 Å². The van der Waals surface area contributed by atoms with E-state index in [2.05, 4.69) is 26.9 Å². The summed E-state index contributed by atoms with van der Waals surface area (Å²) in [5.74, 6) is 0. The average Bonchev–Trinajstić information content (AvgIpc) is 2.86. The minimum Gasteiger partial charge on any atom is -0.329 e. The highest BCUT2D eigenvalue weighted by Gasteiger charge is 2.14. The van der Waals surface area contributed by atoms with Crippen molar-refractivity contribution in [1.82, 2.24) is 14.8 Å². The van der Waals surface area contributed by atoms with Gasteiger partial charge in [-0.2, -0.15) is 16.4 Å². The molecule has 0 amide bonds. The van der Waals surface area contributed by atoms with Crippen molar-refractivity contribution >= 4 is 23.1 Å². The van der Waals surface area contributed by atoms with E-state index in [1.54, 1.807) is 34.1 Å². The molecule has 1 unspecified atom stereocenters. The first-order valence-electron chi connectivity index (χ1n) is 4.54. The molecule has 80 valence electrons. The Balaban J connectivity index is 2.13. The number of hydrogen-bond donors (Lipinski definition) is 1. The number of nitrogens with zero attached hydrogens (tertiary/aromatic N) is 3. The summed E-state index contributed by atoms with van der Waals surface area (Å²) in [6, 6.07) is 2.10. The van der Waals surface area contributed by atoms with E-state index in [0.29, 0.717) is 6.54 Å². The van der Waals surface area contributed by atoms with Crippen molar-refractivity contribution in [3.8, 4) is 0 Å². The number of thioether (sulfide) groups is 1. The van der Waals surface area contributed by atoms with Gasteiger partial charge in [-0.25, -0.2) is 9.67 Å². The van der Waals surface area contributed by atoms with Crippen LogP contribution < -0.4 is 5.73 Å². The average molecular weight is 240 g/mol. The molecule has 0 fully saturated rings. The van der Waals surface area contributed by atoms with Crippen LogP contribution in [0.25, 0.3) is 0 Å². The van der Waals surface area contributed by atoms with Crippen LogP contribution in [-0.4, -0.2) is 21.3 Å². The summed E-state index contributed by atoms with van der Waals surface area (Å²) in [6.07, 6.45) is 1.56. The van der Waals surface area contributed by atoms with Gasteiger partial charge in [-0.1, -0.05) is 11.8 Å². The normalized spacial score (nSPS) is 12.9. The van der Waals surface area contributed by atoms with Gasteiger partial charge >= 0.3 is 0 Å². The molecule has 0 radical (unpaired) electrons. The molecule has 0 aliphatic heterocycles. The van der Waals surface area contributed by atoms with Crippen molar-refractivity contribution in [1.29, 1.82) is 0 Å². The molecule has 6 heteroatoms. The lowest BCUT2D eigenvalue weighted by molar-refractivity contribution is 0.682. The maximum absolute atomic E-state index is 5.76. The molecule has 2 N–H and O–H groups in total. The maximum atomic E-state index is 5.76. The Bertz CT molecular complexity index is 409. The van der Waals surface area contributed by atoms with Gasteiger partial charge in [0.15, 0.2) is 5.16 Å². The second-order valence-electron chi connectivity index (χ2n) is 3.07. The maximum Gasteiger partial charge on any atom is 0.186 e. The van der Waals surface area contributed by atoms with Gasteiger partial charge in [0, 0.05) is 13.6 Å². The molecule has 15 heavy (non-hydrogen) atoms. The monoisotopic (exact) mass is 240 g/mol. The van der Waals surface area contributed by atoms with Gasteiger partial charge in [0.2, 0.25) is 0 Å². The minimum absolute atomic E-state index is 0.263. The number of thiophene rings is 1. The number of aromatic nitrogens is 3. The fraction of sp³-hybridized carbons (Fsp3) is 0.333. The van der Waals surface area contributed by atoms with Gasteiger partial charge in [0.05, 0.1) is 5.25 Å². The lowest BCUT2D eigenvalue weighted by Crippen LogP contribution is -2.09. The fourth-order valence-electron chi connectivity index (χ4n) is 1.23. The van der Waals surface area contributed by atoms with Crippen LogP contribution in [0.1, 0.15) is 10.8 Å². The van der Waals surface area contributed by atoms with Crippen LogP contribution in [0.4, 0.5) is 0 Å². The van der Waals surface area contributed by atoms with Crippen LogP contribution in [0, 0.1) is 0 Å². The summed E-state index contributed by atoms with van der Waals surface area (Å²) in [6.45, 7) is 0.605. The quantitative estimate of drug-likeness (QED) is 0.826. The summed E-state index contributed by atoms with van der Waals surface area (Å²) in [5, 5.41) is 9.39. The molecule has 2 aromatic rings. The van der Waals surface area contributed by atoms with E-state index in [9.17, 15) is 0 Å². The Kier molecular flexibility index (Phi) is 3.40. The first-order chi connectivity index (χ1) is 7.31. The third kappa shape index (κ3) is 2.39. The van der Waals surface area contributed by atoms with Gasteiger partial charge in [-0.05, 0) is 22.4 Å². The molecule has 2 heterocycles. The van der Waals surface area contributed by atoms with Crippen molar-refractivity contribution in [2.24, 2.45) is 12.8 Å². The molecule has 0 aromatic carbocycles. The predicted molar refractivity (Wildman–Crippen MR) is 63.0 cm³/mol. The second kappa shape index (κ2) is 4.78. The number of nitrogens with two attached hydrogens (primary N) is 1. The predicted octanol–water partition coefficient (Wildman–Crippen LogP) is 1.67. The standard InChI is InChI=1S/C9H12N4S2/c1-13-9(11-6-12-13)15-8(4-10)7-2-3-14-5-7/h2-3,5-6,8H,4,10H2,1H3. The van der Waals surface area contributed by atoms with E-state index in [-0.39, 0.29) is 5.25 Å². The van der Waals surface area contributed by atoms with Crippen LogP contribution in [0.2, 0.25) is 0 Å². The van der Waals surface area contributed by atoms with Gasteiger partial charge in [-0.15, -0.1) is 0 Å². The van der Waals surface area contributed by atoms with Crippen LogP contribution in [0.15, 0.2) is 28.3 Å². The molecule has 2 rings (SSSR count). The van der Waals surface area contributed by atoms with E-state index < -0.39 is 0 Å². The highest BCUT2D eigenvalue weighted by Crippen LogP contribution is 2.33. The van der Waals surface area contributed by atoms with Crippen LogP contribution >= 0.6 is 23.1 Å². The zero-order valence-electron chi connectivity index (χ0n) is 8.33. The molecule has 0 spiro atoms. The smallest absolute Gasteiger partial charge is 0.186 e. The number of aryl methyl sites for hydroxylation is 1. The molecule has 0 bridgehead atoms. The zero-order valence-corrected chi connectivity index (χ0v) is 9.96. The topological polar surface area (TPSA) is 56.7 Å². The zero-order chi connectivity index (χ0) is 10.7. The van der Waals surface area contributed by atoms with Crippen molar-refractivity contribution in [2.45, 2.75) is 10.4 Å². The Labute approximate surface area is 96.5 Å². The summed E-state index contributed by atoms with van der Waals surface area (Å²) in [7, 11) is 1.89. The number of hydrogen-bond acceptors (Lipinski definition) is 5. The summed E-state index contributed by atoms with van der Waals surface area (Å²) in [5.41, 5.74) is 7.02. The summed E-state index contributed by atoms with van der Waals surface area (Å²) >= 11 is 3.34. The molecular weight excluding hydrogens is 228 g/mol. The van der Waals surface area contributed by atoms with Gasteiger partial charge in [-0.3, -0.25) is 0 Å². The highest BCUT2D eigenvalue weighted by atomic mass is 32.2. The third-order valence-electron chi connectivity index (χ3n) is 2.05. The summed E-state index contributed by atoms with van der Waals surface area (Å²) < 4.78 is 1.76. The molecule has 2 aromatic heterocycles. The molecule has 0 saturated carbocycles. The van der Waals surface area contributed by atoms with E-state index in [1.165, 1.54) is 5.56 Å². The third-order valence-corrected chi connectivity index (χ3v) is 4.08. The van der Waals surface area contributed by atoms with Crippen molar-refractivity contribution in [3.05, 3.63) is 28.7 Å². The minimum atomic E-state index is 0.263. The van der Waals surface area contributed by atoms with E-state index in [4.69, 9.17) is 5.73 Å². The van der Waals surface area contributed by atoms with E-state index in [0.717, 1.165) is 5.16 Å². The number of rotatable bonds is 4. The summed E-state index contributed by atoms with van der Waals surface area (Å²) in [4.78, 5) is 4.18. The van der Waals surface area contributed by atoms with Gasteiger partial charge in [0.1, 0.15) is 6.33 Å². The van der Waals surface area contributed by atoms with Crippen LogP contribution in [0.5, 0.6) is 0 Å². The van der Waals surface area contributed by atoms with Gasteiger partial charge < -0.3 is 5.73 Å². The van der Waals surface area contributed by atoms with Crippen molar-refractivity contribution < 1.29 is 0 Å². The first kappa shape index (κ1) is 10.7. The van der Waals surface area contributed by atoms with Crippen LogP contribution in [0.3, 0.4) is 0 Å². The van der Waals surface area contributed by atoms with Crippen molar-refractivity contribution in [2.75, 3.05) is 6.54 Å². The Hall–Kier alpha value is -0.850. The van der Waals surface area contributed by atoms with Crippen LogP contribution in [-0.2, 0) is 7.05 Å². The molecule has 0 aliphatic carbocycles. The fourth-order valence-corrected chi connectivity index (χ4v) is 2.97. The highest BCUT2D eigenvalue weighted by molar-refractivity contribution is 7.99. The second-order valence-corrected chi connectivity index (χ2v) is 5.02. The lowest BCUT2D eigenvalue weighted by atomic mass is 10.2. The Morgan fingerprint density at radius 1 is 1.67 bits per heavy atom. The Morgan fingerprint density at radius 3 is 3.07 bits per heavy atom. The molecule has 0 aliphatic rings. The molecular formula is C9H12N4S2. The SMILES string of the molecule is Cn1ncnc1SC(CN)c1ccsc1. The lowest BCUT2D eigenvalue weighted by Gasteiger charge is -2.11. The Morgan fingerprint density at radius 2 is 2.53 bits per heavy atom. The van der Waals surface area contributed by atoms with Gasteiger partial charge in [0.25, 0.3) is 0 Å². The largest absolute Gasteiger partial charge is 0.329 e. The van der Waals surface area contributed by atoms with E-state index in [1.807, 2.05) is 7.05 Å². The molecule has 4 nitrogen and oxygen atoms in total. The first-order valence-corrected chi connectivity index (χ1v) is 6.36. The molecule has 1 atom stereocenters. The van der Waals surface area contributed by atoms with E-state index >= 15 is 0 Å².